The number of rotatable bonds is 2. The summed E-state index contributed by atoms with van der Waals surface area (Å²) in [6.45, 7) is 2.17. The van der Waals surface area contributed by atoms with Crippen LogP contribution in [0.2, 0.25) is 5.02 Å². The number of nitrogens with two attached hydrogens (primary N) is 1. The summed E-state index contributed by atoms with van der Waals surface area (Å²) >= 11 is 8.27. The molecule has 2 rings (SSSR count). The van der Waals surface area contributed by atoms with Crippen LogP contribution in [0.5, 0.6) is 0 Å². The van der Waals surface area contributed by atoms with Gasteiger partial charge in [0.2, 0.25) is 0 Å². The lowest BCUT2D eigenvalue weighted by Gasteiger charge is -2.17. The second-order valence-corrected chi connectivity index (χ2v) is 5.92. The first-order chi connectivity index (χ1) is 8.11. The molecule has 1 aliphatic heterocycles. The number of benzene rings is 1. The quantitative estimate of drug-likeness (QED) is 0.819. The van der Waals surface area contributed by atoms with Crippen molar-refractivity contribution in [3.8, 4) is 0 Å². The lowest BCUT2D eigenvalue weighted by Crippen LogP contribution is -2.30. The fraction of sp³-hybridized carbons (Fsp3) is 0.417. The average molecular weight is 365 g/mol. The minimum absolute atomic E-state index is 0.0161. The van der Waals surface area contributed by atoms with Gasteiger partial charge in [0.05, 0.1) is 10.6 Å². The van der Waals surface area contributed by atoms with E-state index in [0.717, 1.165) is 23.1 Å². The molecule has 1 fully saturated rings. The summed E-state index contributed by atoms with van der Waals surface area (Å²) in [5.41, 5.74) is 6.21. The van der Waals surface area contributed by atoms with E-state index in [1.54, 1.807) is 6.07 Å². The molecule has 1 aliphatic rings. The maximum atomic E-state index is 12.2. The molecule has 5 heteroatoms. The van der Waals surface area contributed by atoms with E-state index in [0.29, 0.717) is 23.0 Å². The van der Waals surface area contributed by atoms with Crippen molar-refractivity contribution in [1.29, 1.82) is 0 Å². The smallest absolute Gasteiger partial charge is 0.255 e. The first-order valence-electron chi connectivity index (χ1n) is 5.56. The molecule has 1 aromatic rings. The fourth-order valence-electron chi connectivity index (χ4n) is 2.04. The molecule has 0 saturated carbocycles. The van der Waals surface area contributed by atoms with Crippen LogP contribution in [0.4, 0.5) is 0 Å². The van der Waals surface area contributed by atoms with Crippen molar-refractivity contribution >= 4 is 40.1 Å². The van der Waals surface area contributed by atoms with Crippen LogP contribution in [-0.2, 0) is 0 Å². The second kappa shape index (κ2) is 5.54. The summed E-state index contributed by atoms with van der Waals surface area (Å²) in [5, 5.41) is 0.526. The number of carbonyl (C=O) groups excluding carboxylic acids is 1. The number of nitrogens with zero attached hydrogens (tertiary/aromatic N) is 1. The molecule has 0 spiro atoms. The van der Waals surface area contributed by atoms with E-state index in [2.05, 4.69) is 22.6 Å². The fourth-order valence-corrected chi connectivity index (χ4v) is 2.98. The van der Waals surface area contributed by atoms with Gasteiger partial charge in [0.15, 0.2) is 0 Å². The second-order valence-electron chi connectivity index (χ2n) is 4.27. The van der Waals surface area contributed by atoms with Crippen molar-refractivity contribution in [3.63, 3.8) is 0 Å². The summed E-state index contributed by atoms with van der Waals surface area (Å²) in [6.07, 6.45) is 0.990. The van der Waals surface area contributed by atoms with Gasteiger partial charge in [0.1, 0.15) is 0 Å². The predicted octanol–water partition coefficient (Wildman–Crippen LogP) is 2.37. The molecule has 1 amide bonds. The van der Waals surface area contributed by atoms with Gasteiger partial charge in [0, 0.05) is 16.7 Å². The highest BCUT2D eigenvalue weighted by atomic mass is 127. The van der Waals surface area contributed by atoms with Crippen LogP contribution >= 0.6 is 34.2 Å². The molecule has 0 radical (unpaired) electrons. The van der Waals surface area contributed by atoms with Gasteiger partial charge >= 0.3 is 0 Å². The Hall–Kier alpha value is -0.330. The van der Waals surface area contributed by atoms with Crippen molar-refractivity contribution in [3.05, 3.63) is 32.4 Å². The van der Waals surface area contributed by atoms with E-state index in [-0.39, 0.29) is 5.91 Å². The van der Waals surface area contributed by atoms with Crippen LogP contribution in [0.1, 0.15) is 16.8 Å². The summed E-state index contributed by atoms with van der Waals surface area (Å²) in [5.74, 6) is 0.448. The number of amides is 1. The van der Waals surface area contributed by atoms with Crippen LogP contribution < -0.4 is 5.73 Å². The van der Waals surface area contributed by atoms with Crippen molar-refractivity contribution in [2.45, 2.75) is 6.42 Å². The molecule has 92 valence electrons. The Bertz CT molecular complexity index is 439. The summed E-state index contributed by atoms with van der Waals surface area (Å²) in [7, 11) is 0. The number of carbonyl (C=O) groups is 1. The summed E-state index contributed by atoms with van der Waals surface area (Å²) in [6, 6.07) is 5.50. The van der Waals surface area contributed by atoms with Crippen LogP contribution in [0.3, 0.4) is 0 Å². The van der Waals surface area contributed by atoms with Crippen molar-refractivity contribution < 1.29 is 4.79 Å². The average Bonchev–Trinajstić information content (AvgIpc) is 2.76. The minimum atomic E-state index is 0.0161. The van der Waals surface area contributed by atoms with Gasteiger partial charge in [-0.3, -0.25) is 4.79 Å². The van der Waals surface area contributed by atoms with E-state index < -0.39 is 0 Å². The van der Waals surface area contributed by atoms with Gasteiger partial charge in [-0.1, -0.05) is 11.6 Å². The zero-order valence-corrected chi connectivity index (χ0v) is 12.2. The third kappa shape index (κ3) is 2.92. The Balaban J connectivity index is 2.15. The van der Waals surface area contributed by atoms with Gasteiger partial charge in [-0.15, -0.1) is 0 Å². The molecule has 1 saturated heterocycles. The molecule has 0 aliphatic carbocycles. The first kappa shape index (κ1) is 13.1. The zero-order chi connectivity index (χ0) is 12.4. The van der Waals surface area contributed by atoms with E-state index in [4.69, 9.17) is 17.3 Å². The Morgan fingerprint density at radius 1 is 1.59 bits per heavy atom. The van der Waals surface area contributed by atoms with Crippen LogP contribution in [0.15, 0.2) is 18.2 Å². The largest absolute Gasteiger partial charge is 0.338 e. The number of halogens is 2. The molecule has 1 heterocycles. The van der Waals surface area contributed by atoms with Gasteiger partial charge in [-0.25, -0.2) is 0 Å². The van der Waals surface area contributed by atoms with Gasteiger partial charge in [-0.05, 0) is 59.7 Å². The van der Waals surface area contributed by atoms with Crippen molar-refractivity contribution in [2.24, 2.45) is 11.7 Å². The third-order valence-corrected chi connectivity index (χ3v) is 4.05. The summed E-state index contributed by atoms with van der Waals surface area (Å²) in [4.78, 5) is 14.1. The monoisotopic (exact) mass is 364 g/mol. The topological polar surface area (TPSA) is 46.3 Å². The molecular formula is C12H14ClIN2O. The Morgan fingerprint density at radius 2 is 2.35 bits per heavy atom. The normalized spacial score (nSPS) is 19.7. The maximum absolute atomic E-state index is 12.2. The minimum Gasteiger partial charge on any atom is -0.338 e. The molecule has 0 aromatic heterocycles. The lowest BCUT2D eigenvalue weighted by molar-refractivity contribution is 0.0788. The molecule has 1 atom stereocenters. The molecule has 3 nitrogen and oxygen atoms in total. The van der Waals surface area contributed by atoms with E-state index in [9.17, 15) is 4.79 Å². The van der Waals surface area contributed by atoms with Crippen molar-refractivity contribution in [1.82, 2.24) is 4.90 Å². The van der Waals surface area contributed by atoms with Gasteiger partial charge in [-0.2, -0.15) is 0 Å². The number of likely N-dealkylation sites (tertiary alicyclic amines) is 1. The van der Waals surface area contributed by atoms with Crippen LogP contribution in [0, 0.1) is 9.49 Å². The molecule has 2 N–H and O–H groups in total. The van der Waals surface area contributed by atoms with Crippen molar-refractivity contribution in [2.75, 3.05) is 19.6 Å². The summed E-state index contributed by atoms with van der Waals surface area (Å²) < 4.78 is 1.03. The van der Waals surface area contributed by atoms with E-state index in [1.165, 1.54) is 0 Å². The Morgan fingerprint density at radius 3 is 2.94 bits per heavy atom. The number of hydrogen-bond donors (Lipinski definition) is 1. The molecule has 1 aromatic carbocycles. The highest BCUT2D eigenvalue weighted by molar-refractivity contribution is 14.1. The predicted molar refractivity (Wildman–Crippen MR) is 77.2 cm³/mol. The standard InChI is InChI=1S/C12H14ClIN2O/c13-11-5-9(14)1-2-10(11)12(17)16-4-3-8(6-15)7-16/h1-2,5,8H,3-4,6-7,15H2. The lowest BCUT2D eigenvalue weighted by atomic mass is 10.1. The highest BCUT2D eigenvalue weighted by Crippen LogP contribution is 2.23. The van der Waals surface area contributed by atoms with E-state index in [1.807, 2.05) is 17.0 Å². The maximum Gasteiger partial charge on any atom is 0.255 e. The SMILES string of the molecule is NCC1CCN(C(=O)c2ccc(I)cc2Cl)C1. The van der Waals surface area contributed by atoms with E-state index >= 15 is 0 Å². The molecule has 1 unspecified atom stereocenters. The number of hydrogen-bond acceptors (Lipinski definition) is 2. The highest BCUT2D eigenvalue weighted by Gasteiger charge is 2.26. The van der Waals surface area contributed by atoms with Crippen LogP contribution in [0.25, 0.3) is 0 Å². The zero-order valence-electron chi connectivity index (χ0n) is 9.33. The Labute approximate surface area is 119 Å². The van der Waals surface area contributed by atoms with Gasteiger partial charge < -0.3 is 10.6 Å². The molecule has 17 heavy (non-hydrogen) atoms. The first-order valence-corrected chi connectivity index (χ1v) is 7.02. The van der Waals surface area contributed by atoms with Gasteiger partial charge in [0.25, 0.3) is 5.91 Å². The van der Waals surface area contributed by atoms with Crippen LogP contribution in [-0.4, -0.2) is 30.4 Å². The molecular weight excluding hydrogens is 351 g/mol. The Kier molecular flexibility index (Phi) is 4.27. The molecule has 0 bridgehead atoms. The third-order valence-electron chi connectivity index (χ3n) is 3.07.